The first-order valence-electron chi connectivity index (χ1n) is 12.4. The molecule has 3 heterocycles. The lowest BCUT2D eigenvalue weighted by Gasteiger charge is -2.24. The maximum atomic E-state index is 12.4. The zero-order valence-corrected chi connectivity index (χ0v) is 21.3. The van der Waals surface area contributed by atoms with Gasteiger partial charge >= 0.3 is 0 Å². The molecule has 1 atom stereocenters. The van der Waals surface area contributed by atoms with Gasteiger partial charge in [-0.2, -0.15) is 0 Å². The van der Waals surface area contributed by atoms with Crippen LogP contribution in [0.2, 0.25) is 5.02 Å². The zero-order valence-electron chi connectivity index (χ0n) is 20.5. The average Bonchev–Trinajstić information content (AvgIpc) is 3.09. The molecular weight excluding hydrogens is 458 g/mol. The van der Waals surface area contributed by atoms with Crippen LogP contribution in [0.4, 0.5) is 17.3 Å². The van der Waals surface area contributed by atoms with Crippen LogP contribution in [0, 0.1) is 6.92 Å². The van der Waals surface area contributed by atoms with Gasteiger partial charge in [-0.1, -0.05) is 35.9 Å². The van der Waals surface area contributed by atoms with Crippen LogP contribution in [0.15, 0.2) is 42.6 Å². The molecule has 35 heavy (non-hydrogen) atoms. The summed E-state index contributed by atoms with van der Waals surface area (Å²) in [4.78, 5) is 21.6. The Balaban J connectivity index is 1.32. The third kappa shape index (κ3) is 4.78. The zero-order chi connectivity index (χ0) is 24.6. The number of benzene rings is 2. The second kappa shape index (κ2) is 9.59. The van der Waals surface area contributed by atoms with Gasteiger partial charge in [0.1, 0.15) is 0 Å². The molecular formula is C28H32ClN5O. The summed E-state index contributed by atoms with van der Waals surface area (Å²) in [6.07, 6.45) is 5.51. The highest BCUT2D eigenvalue weighted by atomic mass is 35.5. The van der Waals surface area contributed by atoms with Gasteiger partial charge in [0, 0.05) is 17.9 Å². The number of aryl methyl sites for hydroxylation is 3. The molecule has 0 radical (unpaired) electrons. The Hall–Kier alpha value is -2.96. The minimum Gasteiger partial charge on any atom is -0.325 e. The molecule has 2 aliphatic heterocycles. The Labute approximate surface area is 211 Å². The van der Waals surface area contributed by atoms with E-state index in [0.29, 0.717) is 23.3 Å². The lowest BCUT2D eigenvalue weighted by molar-refractivity contribution is -0.119. The van der Waals surface area contributed by atoms with Crippen molar-refractivity contribution in [3.63, 3.8) is 0 Å². The number of amides is 1. The first-order chi connectivity index (χ1) is 16.8. The highest BCUT2D eigenvalue weighted by Crippen LogP contribution is 2.40. The SMILES string of the molecule is Cc1cc(C2CCCNC2)ccc1Nc1ncc(Cl)c(CCc2cccc3c2C(C)(C)C(=O)N3)n1. The topological polar surface area (TPSA) is 78.9 Å². The van der Waals surface area contributed by atoms with Crippen LogP contribution in [-0.4, -0.2) is 29.0 Å². The predicted molar refractivity (Wildman–Crippen MR) is 142 cm³/mol. The Morgan fingerprint density at radius 3 is 2.83 bits per heavy atom. The molecule has 0 spiro atoms. The molecule has 1 unspecified atom stereocenters. The quantitative estimate of drug-likeness (QED) is 0.416. The Kier molecular flexibility index (Phi) is 6.51. The van der Waals surface area contributed by atoms with Crippen LogP contribution in [0.1, 0.15) is 60.6 Å². The summed E-state index contributed by atoms with van der Waals surface area (Å²) in [6.45, 7) is 8.21. The number of rotatable bonds is 6. The van der Waals surface area contributed by atoms with Crippen LogP contribution >= 0.6 is 11.6 Å². The van der Waals surface area contributed by atoms with E-state index in [4.69, 9.17) is 16.6 Å². The largest absolute Gasteiger partial charge is 0.325 e. The summed E-state index contributed by atoms with van der Waals surface area (Å²) in [5, 5.41) is 10.4. The van der Waals surface area contributed by atoms with E-state index in [1.165, 1.54) is 24.0 Å². The van der Waals surface area contributed by atoms with E-state index < -0.39 is 5.41 Å². The monoisotopic (exact) mass is 489 g/mol. The van der Waals surface area contributed by atoms with Crippen molar-refractivity contribution in [1.82, 2.24) is 15.3 Å². The molecule has 3 aromatic rings. The van der Waals surface area contributed by atoms with Gasteiger partial charge in [0.15, 0.2) is 0 Å². The Bertz CT molecular complexity index is 1270. The molecule has 1 aromatic heterocycles. The number of carbonyl (C=O) groups is 1. The van der Waals surface area contributed by atoms with Crippen molar-refractivity contribution in [1.29, 1.82) is 0 Å². The van der Waals surface area contributed by atoms with E-state index in [-0.39, 0.29) is 5.91 Å². The maximum absolute atomic E-state index is 12.4. The summed E-state index contributed by atoms with van der Waals surface area (Å²) >= 11 is 6.47. The summed E-state index contributed by atoms with van der Waals surface area (Å²) in [6, 6.07) is 12.6. The Morgan fingerprint density at radius 1 is 1.20 bits per heavy atom. The lowest BCUT2D eigenvalue weighted by Crippen LogP contribution is -2.28. The minimum atomic E-state index is -0.550. The van der Waals surface area contributed by atoms with Gasteiger partial charge in [0.05, 0.1) is 22.3 Å². The smallest absolute Gasteiger partial charge is 0.234 e. The van der Waals surface area contributed by atoms with Crippen LogP contribution in [0.25, 0.3) is 0 Å². The van der Waals surface area contributed by atoms with Crippen molar-refractivity contribution in [2.75, 3.05) is 23.7 Å². The van der Waals surface area contributed by atoms with E-state index in [2.05, 4.69) is 52.1 Å². The second-order valence-corrected chi connectivity index (χ2v) is 10.6. The van der Waals surface area contributed by atoms with Gasteiger partial charge in [-0.05, 0) is 93.3 Å². The molecule has 0 aliphatic carbocycles. The van der Waals surface area contributed by atoms with Gasteiger partial charge in [-0.25, -0.2) is 9.97 Å². The molecule has 2 aromatic carbocycles. The van der Waals surface area contributed by atoms with Crippen LogP contribution in [-0.2, 0) is 23.1 Å². The number of carbonyl (C=O) groups excluding carboxylic acids is 1. The van der Waals surface area contributed by atoms with Gasteiger partial charge < -0.3 is 16.0 Å². The van der Waals surface area contributed by atoms with Crippen LogP contribution in [0.5, 0.6) is 0 Å². The molecule has 1 fully saturated rings. The number of nitrogens with zero attached hydrogens (tertiary/aromatic N) is 2. The number of anilines is 3. The number of hydrogen-bond donors (Lipinski definition) is 3. The van der Waals surface area contributed by atoms with E-state index >= 15 is 0 Å². The van der Waals surface area contributed by atoms with Gasteiger partial charge in [-0.3, -0.25) is 4.79 Å². The standard InChI is InChI=1S/C28H32ClN5O/c1-17-14-19(20-7-5-13-30-15-20)10-11-22(17)33-27-31-16-21(29)23(34-27)12-9-18-6-4-8-24-25(18)28(2,3)26(35)32-24/h4,6,8,10-11,14,16,20,30H,5,7,9,12-13,15H2,1-3H3,(H,32,35)(H,31,33,34). The van der Waals surface area contributed by atoms with Crippen molar-refractivity contribution in [2.24, 2.45) is 0 Å². The average molecular weight is 490 g/mol. The second-order valence-electron chi connectivity index (χ2n) is 10.1. The highest BCUT2D eigenvalue weighted by Gasteiger charge is 2.39. The van der Waals surface area contributed by atoms with Gasteiger partial charge in [-0.15, -0.1) is 0 Å². The molecule has 0 saturated carbocycles. The summed E-state index contributed by atoms with van der Waals surface area (Å²) in [7, 11) is 0. The molecule has 1 saturated heterocycles. The van der Waals surface area contributed by atoms with Gasteiger partial charge in [0.25, 0.3) is 0 Å². The minimum absolute atomic E-state index is 0.0349. The van der Waals surface area contributed by atoms with Gasteiger partial charge in [0.2, 0.25) is 11.9 Å². The summed E-state index contributed by atoms with van der Waals surface area (Å²) < 4.78 is 0. The fraction of sp³-hybridized carbons (Fsp3) is 0.393. The van der Waals surface area contributed by atoms with E-state index in [1.54, 1.807) is 6.20 Å². The number of nitrogens with one attached hydrogen (secondary N) is 3. The molecule has 182 valence electrons. The normalized spacial score (nSPS) is 18.7. The highest BCUT2D eigenvalue weighted by molar-refractivity contribution is 6.31. The first-order valence-corrected chi connectivity index (χ1v) is 12.7. The Morgan fingerprint density at radius 2 is 2.06 bits per heavy atom. The predicted octanol–water partition coefficient (Wildman–Crippen LogP) is 5.66. The summed E-state index contributed by atoms with van der Waals surface area (Å²) in [5.41, 5.74) is 6.90. The van der Waals surface area contributed by atoms with Crippen molar-refractivity contribution in [3.8, 4) is 0 Å². The van der Waals surface area contributed by atoms with Crippen LogP contribution < -0.4 is 16.0 Å². The third-order valence-electron chi connectivity index (χ3n) is 7.30. The van der Waals surface area contributed by atoms with E-state index in [0.717, 1.165) is 47.7 Å². The molecule has 1 amide bonds. The maximum Gasteiger partial charge on any atom is 0.234 e. The number of halogens is 1. The number of hydrogen-bond acceptors (Lipinski definition) is 5. The molecule has 2 aliphatic rings. The van der Waals surface area contributed by atoms with E-state index in [9.17, 15) is 4.79 Å². The fourth-order valence-electron chi connectivity index (χ4n) is 5.27. The molecule has 0 bridgehead atoms. The fourth-order valence-corrected chi connectivity index (χ4v) is 5.46. The van der Waals surface area contributed by atoms with Crippen LogP contribution in [0.3, 0.4) is 0 Å². The van der Waals surface area contributed by atoms with Crippen molar-refractivity contribution >= 4 is 34.8 Å². The first kappa shape index (κ1) is 23.8. The molecule has 6 nitrogen and oxygen atoms in total. The number of aromatic nitrogens is 2. The van der Waals surface area contributed by atoms with E-state index in [1.807, 2.05) is 26.0 Å². The molecule has 7 heteroatoms. The van der Waals surface area contributed by atoms with Crippen molar-refractivity contribution in [3.05, 3.63) is 75.6 Å². The summed E-state index contributed by atoms with van der Waals surface area (Å²) in [5.74, 6) is 1.15. The molecule has 5 rings (SSSR count). The number of piperidine rings is 1. The number of fused-ring (bicyclic) bond motifs is 1. The van der Waals surface area contributed by atoms with Crippen molar-refractivity contribution in [2.45, 2.75) is 57.8 Å². The van der Waals surface area contributed by atoms with Crippen molar-refractivity contribution < 1.29 is 4.79 Å². The lowest BCUT2D eigenvalue weighted by atomic mass is 9.82. The third-order valence-corrected chi connectivity index (χ3v) is 7.62. The molecule has 3 N–H and O–H groups in total.